The first-order valence-electron chi connectivity index (χ1n) is 13.0. The highest BCUT2D eigenvalue weighted by molar-refractivity contribution is 7.81. The van der Waals surface area contributed by atoms with Crippen molar-refractivity contribution in [1.82, 2.24) is 0 Å². The second-order valence-corrected chi connectivity index (χ2v) is 8.34. The Morgan fingerprint density at radius 3 is 1.69 bits per heavy atom. The highest BCUT2D eigenvalue weighted by Crippen LogP contribution is 2.36. The minimum Gasteiger partial charge on any atom is -0.168 e. The van der Waals surface area contributed by atoms with E-state index in [9.17, 15) is 0 Å². The van der Waals surface area contributed by atoms with Gasteiger partial charge in [0, 0.05) is 4.75 Å². The van der Waals surface area contributed by atoms with Gasteiger partial charge in [0.05, 0.1) is 0 Å². The molecule has 1 heteroatoms. The Morgan fingerprint density at radius 1 is 0.875 bits per heavy atom. The Balaban J connectivity index is -0.000000198. The number of rotatable bonds is 9. The van der Waals surface area contributed by atoms with Gasteiger partial charge in [-0.3, -0.25) is 0 Å². The Kier molecular flexibility index (Phi) is 31.0. The third-order valence-electron chi connectivity index (χ3n) is 4.90. The number of hydrogen-bond acceptors (Lipinski definition) is 1. The molecule has 1 unspecified atom stereocenters. The molecular weight excluding hydrogens is 404 g/mol. The van der Waals surface area contributed by atoms with Crippen LogP contribution in [0.3, 0.4) is 0 Å². The van der Waals surface area contributed by atoms with Gasteiger partial charge in [-0.05, 0) is 42.7 Å². The maximum atomic E-state index is 4.79. The molecule has 0 aliphatic carbocycles. The van der Waals surface area contributed by atoms with Gasteiger partial charge in [0.15, 0.2) is 0 Å². The summed E-state index contributed by atoms with van der Waals surface area (Å²) in [5, 5.41) is 0. The molecule has 0 aromatic heterocycles. The molecule has 0 bridgehead atoms. The summed E-state index contributed by atoms with van der Waals surface area (Å²) in [5.74, 6) is 0. The van der Waals surface area contributed by atoms with E-state index in [0.29, 0.717) is 0 Å². The predicted octanol–water partition coefficient (Wildman–Crippen LogP) is 11.6. The lowest BCUT2D eigenvalue weighted by Crippen LogP contribution is -2.16. The van der Waals surface area contributed by atoms with E-state index in [-0.39, 0.29) is 10.2 Å². The van der Waals surface area contributed by atoms with Crippen LogP contribution in [-0.2, 0) is 4.75 Å². The molecule has 32 heavy (non-hydrogen) atoms. The molecule has 188 valence electrons. The summed E-state index contributed by atoms with van der Waals surface area (Å²) in [6.07, 6.45) is 14.1. The molecule has 1 aromatic carbocycles. The quantitative estimate of drug-likeness (QED) is 0.274. The fourth-order valence-corrected chi connectivity index (χ4v) is 3.60. The smallest absolute Gasteiger partial charge is 0.0375 e. The maximum Gasteiger partial charge on any atom is 0.0375 e. The van der Waals surface area contributed by atoms with E-state index in [1.54, 1.807) is 0 Å². The fraction of sp³-hybridized carbons (Fsp3) is 0.613. The third-order valence-corrected chi connectivity index (χ3v) is 5.70. The Morgan fingerprint density at radius 2 is 1.34 bits per heavy atom. The van der Waals surface area contributed by atoms with E-state index in [4.69, 9.17) is 12.6 Å². The number of hydrogen-bond donors (Lipinski definition) is 1. The van der Waals surface area contributed by atoms with E-state index in [2.05, 4.69) is 83.7 Å². The van der Waals surface area contributed by atoms with Crippen LogP contribution in [0.2, 0.25) is 0 Å². The summed E-state index contributed by atoms with van der Waals surface area (Å²) in [4.78, 5) is 0. The van der Waals surface area contributed by atoms with E-state index >= 15 is 0 Å². The topological polar surface area (TPSA) is 0 Å². The van der Waals surface area contributed by atoms with E-state index in [0.717, 1.165) is 12.8 Å². The second kappa shape index (κ2) is 26.0. The fourth-order valence-electron chi connectivity index (χ4n) is 3.23. The van der Waals surface area contributed by atoms with Crippen LogP contribution >= 0.6 is 12.6 Å². The van der Waals surface area contributed by atoms with Gasteiger partial charge in [-0.1, -0.05) is 150 Å². The molecule has 1 aromatic rings. The molecule has 1 rings (SSSR count). The van der Waals surface area contributed by atoms with Gasteiger partial charge in [-0.2, -0.15) is 12.6 Å². The van der Waals surface area contributed by atoms with Crippen LogP contribution in [0.15, 0.2) is 66.8 Å². The van der Waals surface area contributed by atoms with Gasteiger partial charge in [0.2, 0.25) is 0 Å². The van der Waals surface area contributed by atoms with Crippen molar-refractivity contribution in [3.63, 3.8) is 0 Å². The first-order valence-corrected chi connectivity index (χ1v) is 13.5. The number of benzene rings is 1. The van der Waals surface area contributed by atoms with E-state index in [1.807, 2.05) is 60.6 Å². The van der Waals surface area contributed by atoms with E-state index < -0.39 is 0 Å². The standard InChI is InChI=1S/C13H22.C12H18S.3C2H6/c1-6-9-10-12(8-3)13(4,5)11-7-2;1-3-10-12(13,4-2)11-8-6-5-7-9-11;3*1-2/h6,8-10H,3,7,11H2,1-2,4-5H3;5-9,13H,3-4,10H2,1-2H3;3*1-2H3/b9-6+,12-10+;;;;. The normalized spacial score (nSPS) is 12.3. The second-order valence-electron chi connectivity index (χ2n) is 7.49. The molecular formula is C31H58S. The van der Waals surface area contributed by atoms with Crippen LogP contribution in [0, 0.1) is 5.41 Å². The molecule has 0 aliphatic heterocycles. The zero-order valence-electron chi connectivity index (χ0n) is 23.9. The molecule has 0 heterocycles. The van der Waals surface area contributed by atoms with Crippen molar-refractivity contribution in [3.05, 3.63) is 72.4 Å². The molecule has 0 N–H and O–H groups in total. The zero-order valence-corrected chi connectivity index (χ0v) is 24.8. The lowest BCUT2D eigenvalue weighted by atomic mass is 9.80. The summed E-state index contributed by atoms with van der Waals surface area (Å²) < 4.78 is 0.0794. The minimum absolute atomic E-state index is 0.0794. The van der Waals surface area contributed by atoms with Crippen LogP contribution < -0.4 is 0 Å². The van der Waals surface area contributed by atoms with Gasteiger partial charge in [-0.25, -0.2) is 0 Å². The SMILES string of the molecule is C=C/C(=C\C=C\C)C(C)(C)CCC.CC.CC.CC.CCCC(S)(CC)c1ccccc1. The lowest BCUT2D eigenvalue weighted by molar-refractivity contribution is 0.412. The molecule has 0 amide bonds. The first kappa shape index (κ1) is 38.1. The van der Waals surface area contributed by atoms with Crippen molar-refractivity contribution in [2.24, 2.45) is 5.41 Å². The number of allylic oxidation sites excluding steroid dienone is 5. The van der Waals surface area contributed by atoms with Crippen molar-refractivity contribution in [2.75, 3.05) is 0 Å². The molecule has 0 spiro atoms. The minimum atomic E-state index is 0.0794. The summed E-state index contributed by atoms with van der Waals surface area (Å²) in [5.41, 5.74) is 2.94. The third kappa shape index (κ3) is 17.4. The Bertz CT molecular complexity index is 551. The summed E-state index contributed by atoms with van der Waals surface area (Å²) in [6.45, 7) is 29.1. The van der Waals surface area contributed by atoms with Crippen LogP contribution in [0.1, 0.15) is 121 Å². The molecule has 0 saturated carbocycles. The Labute approximate surface area is 210 Å². The van der Waals surface area contributed by atoms with Crippen molar-refractivity contribution in [2.45, 2.75) is 120 Å². The zero-order chi connectivity index (χ0) is 26.1. The monoisotopic (exact) mass is 462 g/mol. The maximum absolute atomic E-state index is 4.79. The molecule has 0 nitrogen and oxygen atoms in total. The van der Waals surface area contributed by atoms with Crippen molar-refractivity contribution >= 4 is 12.6 Å². The van der Waals surface area contributed by atoms with Crippen LogP contribution in [-0.4, -0.2) is 0 Å². The lowest BCUT2D eigenvalue weighted by Gasteiger charge is -2.27. The average Bonchev–Trinajstić information content (AvgIpc) is 2.84. The van der Waals surface area contributed by atoms with Crippen LogP contribution in [0.5, 0.6) is 0 Å². The summed E-state index contributed by atoms with van der Waals surface area (Å²) in [6, 6.07) is 10.6. The van der Waals surface area contributed by atoms with Gasteiger partial charge < -0.3 is 0 Å². The van der Waals surface area contributed by atoms with Gasteiger partial charge in [-0.15, -0.1) is 0 Å². The number of thiol groups is 1. The molecule has 1 atom stereocenters. The molecule has 0 saturated heterocycles. The summed E-state index contributed by atoms with van der Waals surface area (Å²) in [7, 11) is 0. The van der Waals surface area contributed by atoms with Gasteiger partial charge in [0.1, 0.15) is 0 Å². The highest BCUT2D eigenvalue weighted by atomic mass is 32.1. The van der Waals surface area contributed by atoms with Crippen LogP contribution in [0.4, 0.5) is 0 Å². The van der Waals surface area contributed by atoms with E-state index in [1.165, 1.54) is 30.4 Å². The molecule has 0 fully saturated rings. The summed E-state index contributed by atoms with van der Waals surface area (Å²) >= 11 is 4.79. The van der Waals surface area contributed by atoms with Gasteiger partial charge in [0.25, 0.3) is 0 Å². The van der Waals surface area contributed by atoms with Crippen molar-refractivity contribution < 1.29 is 0 Å². The Hall–Kier alpha value is -1.21. The predicted molar refractivity (Wildman–Crippen MR) is 158 cm³/mol. The van der Waals surface area contributed by atoms with Crippen LogP contribution in [0.25, 0.3) is 0 Å². The molecule has 0 aliphatic rings. The van der Waals surface area contributed by atoms with Gasteiger partial charge >= 0.3 is 0 Å². The largest absolute Gasteiger partial charge is 0.168 e. The highest BCUT2D eigenvalue weighted by Gasteiger charge is 2.23. The van der Waals surface area contributed by atoms with Crippen molar-refractivity contribution in [3.8, 4) is 0 Å². The molecule has 0 radical (unpaired) electrons. The van der Waals surface area contributed by atoms with Crippen molar-refractivity contribution in [1.29, 1.82) is 0 Å². The first-order chi connectivity index (χ1) is 15.3. The average molecular weight is 463 g/mol.